The number of ether oxygens (including phenoxy) is 1. The molecule has 2 atom stereocenters. The van der Waals surface area contributed by atoms with Crippen molar-refractivity contribution in [2.45, 2.75) is 30.9 Å². The first-order chi connectivity index (χ1) is 7.97. The maximum Gasteiger partial charge on any atom is 0.309 e. The van der Waals surface area contributed by atoms with Crippen molar-refractivity contribution >= 4 is 23.4 Å². The first kappa shape index (κ1) is 13.9. The summed E-state index contributed by atoms with van der Waals surface area (Å²) in [5, 5.41) is 0.156. The number of nitrogens with two attached hydrogens (primary N) is 1. The van der Waals surface area contributed by atoms with Gasteiger partial charge in [-0.3, -0.25) is 4.79 Å². The second-order valence-corrected chi connectivity index (χ2v) is 5.52. The van der Waals surface area contributed by atoms with Gasteiger partial charge in [-0.25, -0.2) is 0 Å². The van der Waals surface area contributed by atoms with Gasteiger partial charge in [-0.05, 0) is 24.6 Å². The van der Waals surface area contributed by atoms with Crippen molar-refractivity contribution in [3.8, 4) is 0 Å². The number of benzene rings is 1. The van der Waals surface area contributed by atoms with Gasteiger partial charge in [0.2, 0.25) is 0 Å². The lowest BCUT2D eigenvalue weighted by atomic mass is 10.1. The summed E-state index contributed by atoms with van der Waals surface area (Å²) >= 11 is 1.66. The Morgan fingerprint density at radius 3 is 2.65 bits per heavy atom. The molecule has 0 bridgehead atoms. The average molecular weight is 253 g/mol. The van der Waals surface area contributed by atoms with E-state index in [1.807, 2.05) is 39.0 Å². The number of nitrogen functional groups attached to an aromatic ring is 1. The van der Waals surface area contributed by atoms with E-state index in [2.05, 4.69) is 0 Å². The highest BCUT2D eigenvalue weighted by Crippen LogP contribution is 2.32. The van der Waals surface area contributed by atoms with Crippen molar-refractivity contribution in [3.63, 3.8) is 0 Å². The van der Waals surface area contributed by atoms with Gasteiger partial charge in [-0.15, -0.1) is 11.8 Å². The van der Waals surface area contributed by atoms with E-state index in [4.69, 9.17) is 10.5 Å². The van der Waals surface area contributed by atoms with Crippen LogP contribution in [-0.2, 0) is 9.53 Å². The van der Waals surface area contributed by atoms with Crippen LogP contribution in [0.25, 0.3) is 0 Å². The lowest BCUT2D eigenvalue weighted by molar-refractivity contribution is -0.144. The van der Waals surface area contributed by atoms with E-state index in [1.165, 1.54) is 7.11 Å². The van der Waals surface area contributed by atoms with E-state index in [1.54, 1.807) is 11.8 Å². The lowest BCUT2D eigenvalue weighted by Crippen LogP contribution is -2.22. The molecule has 2 N–H and O–H groups in total. The molecule has 0 aromatic heterocycles. The molecule has 0 saturated carbocycles. The van der Waals surface area contributed by atoms with E-state index in [0.717, 1.165) is 16.1 Å². The summed E-state index contributed by atoms with van der Waals surface area (Å²) in [6.07, 6.45) is 0. The van der Waals surface area contributed by atoms with E-state index in [-0.39, 0.29) is 17.1 Å². The van der Waals surface area contributed by atoms with E-state index < -0.39 is 0 Å². The third-order valence-corrected chi connectivity index (χ3v) is 4.39. The van der Waals surface area contributed by atoms with E-state index in [0.29, 0.717) is 0 Å². The molecule has 0 heterocycles. The number of hydrogen-bond acceptors (Lipinski definition) is 4. The smallest absolute Gasteiger partial charge is 0.309 e. The summed E-state index contributed by atoms with van der Waals surface area (Å²) in [4.78, 5) is 12.6. The molecule has 0 aliphatic heterocycles. The maximum atomic E-state index is 11.4. The van der Waals surface area contributed by atoms with Gasteiger partial charge >= 0.3 is 5.97 Å². The molecule has 17 heavy (non-hydrogen) atoms. The normalized spacial score (nSPS) is 14.1. The van der Waals surface area contributed by atoms with Crippen LogP contribution in [0.15, 0.2) is 23.1 Å². The minimum atomic E-state index is -0.174. The van der Waals surface area contributed by atoms with Gasteiger partial charge < -0.3 is 10.5 Å². The van der Waals surface area contributed by atoms with Crippen LogP contribution in [0.1, 0.15) is 19.4 Å². The predicted molar refractivity (Wildman–Crippen MR) is 72.1 cm³/mol. The van der Waals surface area contributed by atoms with Crippen LogP contribution in [0.5, 0.6) is 0 Å². The molecule has 0 amide bonds. The Balaban J connectivity index is 2.77. The summed E-state index contributed by atoms with van der Waals surface area (Å²) in [6, 6.07) is 5.84. The van der Waals surface area contributed by atoms with Crippen molar-refractivity contribution in [1.29, 1.82) is 0 Å². The molecule has 1 aromatic rings. The number of anilines is 1. The molecule has 1 aromatic carbocycles. The summed E-state index contributed by atoms with van der Waals surface area (Å²) in [6.45, 7) is 5.90. The molecule has 4 heteroatoms. The molecular weight excluding hydrogens is 234 g/mol. The van der Waals surface area contributed by atoms with Gasteiger partial charge in [-0.1, -0.05) is 19.9 Å². The van der Waals surface area contributed by atoms with Crippen molar-refractivity contribution < 1.29 is 9.53 Å². The van der Waals surface area contributed by atoms with E-state index in [9.17, 15) is 4.79 Å². The van der Waals surface area contributed by atoms with Gasteiger partial charge in [0.25, 0.3) is 0 Å². The van der Waals surface area contributed by atoms with Crippen molar-refractivity contribution in [1.82, 2.24) is 0 Å². The molecule has 0 radical (unpaired) electrons. The average Bonchev–Trinajstić information content (AvgIpc) is 2.32. The lowest BCUT2D eigenvalue weighted by Gasteiger charge is -2.18. The number of carbonyl (C=O) groups excluding carboxylic acids is 1. The second kappa shape index (κ2) is 5.96. The van der Waals surface area contributed by atoms with Crippen LogP contribution < -0.4 is 5.73 Å². The van der Waals surface area contributed by atoms with Crippen LogP contribution in [0.4, 0.5) is 5.69 Å². The fourth-order valence-electron chi connectivity index (χ4n) is 1.44. The molecule has 1 rings (SSSR count). The standard InChI is InChI=1S/C13H19NO2S/c1-8(13(15)16-4)10(3)17-12-7-5-6-11(14)9(12)2/h5-8,10H,14H2,1-4H3. The van der Waals surface area contributed by atoms with Gasteiger partial charge in [0.1, 0.15) is 0 Å². The minimum Gasteiger partial charge on any atom is -0.469 e. The first-order valence-electron chi connectivity index (χ1n) is 5.57. The van der Waals surface area contributed by atoms with Gasteiger partial charge in [0.05, 0.1) is 13.0 Å². The third kappa shape index (κ3) is 3.40. The molecule has 0 aliphatic rings. The Kier molecular flexibility index (Phi) is 4.87. The van der Waals surface area contributed by atoms with Crippen LogP contribution in [0.3, 0.4) is 0 Å². The van der Waals surface area contributed by atoms with Gasteiger partial charge in [0.15, 0.2) is 0 Å². The molecule has 0 fully saturated rings. The van der Waals surface area contributed by atoms with Gasteiger partial charge in [-0.2, -0.15) is 0 Å². The molecule has 2 unspecified atom stereocenters. The Labute approximate surface area is 107 Å². The van der Waals surface area contributed by atoms with E-state index >= 15 is 0 Å². The van der Waals surface area contributed by atoms with Crippen molar-refractivity contribution in [2.24, 2.45) is 5.92 Å². The summed E-state index contributed by atoms with van der Waals surface area (Å²) < 4.78 is 4.75. The third-order valence-electron chi connectivity index (χ3n) is 2.92. The largest absolute Gasteiger partial charge is 0.469 e. The monoisotopic (exact) mass is 253 g/mol. The fraction of sp³-hybridized carbons (Fsp3) is 0.462. The van der Waals surface area contributed by atoms with Gasteiger partial charge in [0, 0.05) is 15.8 Å². The Morgan fingerprint density at radius 2 is 2.06 bits per heavy atom. The maximum absolute atomic E-state index is 11.4. The number of rotatable bonds is 4. The van der Waals surface area contributed by atoms with Crippen LogP contribution in [0, 0.1) is 12.8 Å². The number of methoxy groups -OCH3 is 1. The zero-order chi connectivity index (χ0) is 13.0. The minimum absolute atomic E-state index is 0.133. The highest BCUT2D eigenvalue weighted by molar-refractivity contribution is 8.00. The molecule has 94 valence electrons. The Morgan fingerprint density at radius 1 is 1.41 bits per heavy atom. The highest BCUT2D eigenvalue weighted by Gasteiger charge is 2.22. The molecule has 0 saturated heterocycles. The summed E-state index contributed by atoms with van der Waals surface area (Å²) in [5.74, 6) is -0.308. The Bertz CT molecular complexity index is 406. The fourth-order valence-corrected chi connectivity index (χ4v) is 2.61. The van der Waals surface area contributed by atoms with Crippen LogP contribution in [-0.4, -0.2) is 18.3 Å². The molecule has 0 spiro atoms. The van der Waals surface area contributed by atoms with Crippen LogP contribution >= 0.6 is 11.8 Å². The quantitative estimate of drug-likeness (QED) is 0.509. The van der Waals surface area contributed by atoms with Crippen molar-refractivity contribution in [3.05, 3.63) is 23.8 Å². The SMILES string of the molecule is COC(=O)C(C)C(C)Sc1cccc(N)c1C. The zero-order valence-corrected chi connectivity index (χ0v) is 11.5. The Hall–Kier alpha value is -1.16. The number of thioether (sulfide) groups is 1. The number of carbonyl (C=O) groups is 1. The topological polar surface area (TPSA) is 52.3 Å². The van der Waals surface area contributed by atoms with Crippen molar-refractivity contribution in [2.75, 3.05) is 12.8 Å². The number of hydrogen-bond donors (Lipinski definition) is 1. The summed E-state index contributed by atoms with van der Waals surface area (Å²) in [5.41, 5.74) is 7.71. The zero-order valence-electron chi connectivity index (χ0n) is 10.7. The predicted octanol–water partition coefficient (Wildman–Crippen LogP) is 2.87. The second-order valence-electron chi connectivity index (χ2n) is 4.11. The summed E-state index contributed by atoms with van der Waals surface area (Å²) in [7, 11) is 1.42. The van der Waals surface area contributed by atoms with Crippen LogP contribution in [0.2, 0.25) is 0 Å². The molecule has 0 aliphatic carbocycles. The molecule has 3 nitrogen and oxygen atoms in total. The number of esters is 1. The highest BCUT2D eigenvalue weighted by atomic mass is 32.2. The molecular formula is C13H19NO2S. The first-order valence-corrected chi connectivity index (χ1v) is 6.45.